The summed E-state index contributed by atoms with van der Waals surface area (Å²) in [6, 6.07) is 2.47. The maximum Gasteiger partial charge on any atom is 0.193 e. The van der Waals surface area contributed by atoms with Crippen LogP contribution >= 0.6 is 0 Å². The van der Waals surface area contributed by atoms with E-state index in [1.54, 1.807) is 6.26 Å². The molecule has 0 spiro atoms. The lowest BCUT2D eigenvalue weighted by Crippen LogP contribution is -2.57. The molecule has 1 aromatic heterocycles. The van der Waals surface area contributed by atoms with Crippen LogP contribution in [0.5, 0.6) is 0 Å². The van der Waals surface area contributed by atoms with Crippen LogP contribution in [0.3, 0.4) is 0 Å². The molecule has 1 atom stereocenters. The van der Waals surface area contributed by atoms with Gasteiger partial charge in [-0.1, -0.05) is 5.16 Å². The van der Waals surface area contributed by atoms with E-state index in [9.17, 15) is 0 Å². The van der Waals surface area contributed by atoms with E-state index in [2.05, 4.69) is 49.2 Å². The molecule has 8 heteroatoms. The van der Waals surface area contributed by atoms with Crippen molar-refractivity contribution in [2.24, 2.45) is 4.99 Å². The molecule has 0 aromatic carbocycles. The van der Waals surface area contributed by atoms with Crippen molar-refractivity contribution in [2.45, 2.75) is 12.6 Å². The standard InChI is InChI=1S/C17H31N7O/c1-18-17(19-12-16-14-21(2)5-6-22(16)3)24-9-7-23(8-10-24)13-15-4-11-25-20-15/h4,11,16H,5-10,12-14H2,1-3H3,(H,18,19). The fourth-order valence-corrected chi connectivity index (χ4v) is 3.53. The summed E-state index contributed by atoms with van der Waals surface area (Å²) in [6.07, 6.45) is 1.64. The largest absolute Gasteiger partial charge is 0.364 e. The molecule has 0 radical (unpaired) electrons. The minimum Gasteiger partial charge on any atom is -0.364 e. The first-order chi connectivity index (χ1) is 12.2. The number of aliphatic imine (C=N–C) groups is 1. The lowest BCUT2D eigenvalue weighted by molar-refractivity contribution is 0.115. The zero-order valence-electron chi connectivity index (χ0n) is 15.7. The smallest absolute Gasteiger partial charge is 0.193 e. The van der Waals surface area contributed by atoms with Crippen molar-refractivity contribution < 1.29 is 4.52 Å². The Morgan fingerprint density at radius 3 is 2.72 bits per heavy atom. The molecule has 2 saturated heterocycles. The van der Waals surface area contributed by atoms with E-state index in [0.717, 1.165) is 70.6 Å². The van der Waals surface area contributed by atoms with Gasteiger partial charge < -0.3 is 19.6 Å². The van der Waals surface area contributed by atoms with Crippen LogP contribution in [-0.2, 0) is 6.54 Å². The molecule has 3 rings (SSSR count). The number of nitrogens with one attached hydrogen (secondary N) is 1. The molecule has 1 N–H and O–H groups in total. The highest BCUT2D eigenvalue weighted by molar-refractivity contribution is 5.80. The summed E-state index contributed by atoms with van der Waals surface area (Å²) in [4.78, 5) is 14.1. The van der Waals surface area contributed by atoms with Gasteiger partial charge in [-0.25, -0.2) is 0 Å². The minimum absolute atomic E-state index is 0.531. The third-order valence-corrected chi connectivity index (χ3v) is 5.24. The summed E-state index contributed by atoms with van der Waals surface area (Å²) in [7, 11) is 6.29. The molecule has 1 unspecified atom stereocenters. The Balaban J connectivity index is 1.44. The first kappa shape index (κ1) is 18.2. The third-order valence-electron chi connectivity index (χ3n) is 5.24. The van der Waals surface area contributed by atoms with Crippen LogP contribution < -0.4 is 5.32 Å². The van der Waals surface area contributed by atoms with Crippen molar-refractivity contribution in [2.75, 3.05) is 73.5 Å². The molecule has 0 amide bonds. The maximum atomic E-state index is 4.91. The van der Waals surface area contributed by atoms with Crippen LogP contribution in [0.2, 0.25) is 0 Å². The Bertz CT molecular complexity index is 539. The average molecular weight is 349 g/mol. The number of nitrogens with zero attached hydrogens (tertiary/aromatic N) is 6. The van der Waals surface area contributed by atoms with E-state index in [1.807, 2.05) is 13.1 Å². The van der Waals surface area contributed by atoms with Crippen molar-refractivity contribution in [1.29, 1.82) is 0 Å². The minimum atomic E-state index is 0.531. The zero-order chi connectivity index (χ0) is 17.6. The van der Waals surface area contributed by atoms with E-state index in [4.69, 9.17) is 4.52 Å². The van der Waals surface area contributed by atoms with Gasteiger partial charge in [0.05, 0.1) is 5.69 Å². The second-order valence-corrected chi connectivity index (χ2v) is 7.08. The number of hydrogen-bond donors (Lipinski definition) is 1. The number of piperazine rings is 2. The topological polar surface area (TPSA) is 63.4 Å². The Kier molecular flexibility index (Phi) is 6.28. The van der Waals surface area contributed by atoms with Gasteiger partial charge in [-0.15, -0.1) is 0 Å². The average Bonchev–Trinajstić information content (AvgIpc) is 3.12. The van der Waals surface area contributed by atoms with Crippen molar-refractivity contribution in [3.8, 4) is 0 Å². The summed E-state index contributed by atoms with van der Waals surface area (Å²) < 4.78 is 4.91. The van der Waals surface area contributed by atoms with Crippen molar-refractivity contribution >= 4 is 5.96 Å². The Hall–Kier alpha value is -1.64. The fourth-order valence-electron chi connectivity index (χ4n) is 3.53. The molecular weight excluding hydrogens is 318 g/mol. The fraction of sp³-hybridized carbons (Fsp3) is 0.765. The zero-order valence-corrected chi connectivity index (χ0v) is 15.7. The summed E-state index contributed by atoms with van der Waals surface area (Å²) in [5.41, 5.74) is 1.00. The SMILES string of the molecule is CN=C(NCC1CN(C)CCN1C)N1CCN(Cc2ccon2)CC1. The molecule has 3 heterocycles. The Labute approximate surface area is 150 Å². The number of likely N-dealkylation sites (N-methyl/N-ethyl adjacent to an activating group) is 2. The van der Waals surface area contributed by atoms with Gasteiger partial charge in [-0.2, -0.15) is 0 Å². The van der Waals surface area contributed by atoms with Crippen LogP contribution in [0.4, 0.5) is 0 Å². The number of guanidine groups is 1. The summed E-state index contributed by atoms with van der Waals surface area (Å²) >= 11 is 0. The second-order valence-electron chi connectivity index (χ2n) is 7.08. The van der Waals surface area contributed by atoms with Crippen LogP contribution in [0.25, 0.3) is 0 Å². The molecule has 2 fully saturated rings. The number of hydrogen-bond acceptors (Lipinski definition) is 6. The third kappa shape index (κ3) is 4.93. The quantitative estimate of drug-likeness (QED) is 0.587. The van der Waals surface area contributed by atoms with E-state index >= 15 is 0 Å². The maximum absolute atomic E-state index is 4.91. The monoisotopic (exact) mass is 349 g/mol. The lowest BCUT2D eigenvalue weighted by atomic mass is 10.2. The molecule has 8 nitrogen and oxygen atoms in total. The first-order valence-electron chi connectivity index (χ1n) is 9.11. The molecular formula is C17H31N7O. The van der Waals surface area contributed by atoms with Gasteiger partial charge in [0.2, 0.25) is 0 Å². The van der Waals surface area contributed by atoms with Gasteiger partial charge in [0.15, 0.2) is 5.96 Å². The van der Waals surface area contributed by atoms with Gasteiger partial charge >= 0.3 is 0 Å². The Morgan fingerprint density at radius 1 is 1.24 bits per heavy atom. The van der Waals surface area contributed by atoms with Crippen LogP contribution in [0, 0.1) is 0 Å². The molecule has 25 heavy (non-hydrogen) atoms. The van der Waals surface area contributed by atoms with Gasteiger partial charge in [0, 0.05) is 78.1 Å². The van der Waals surface area contributed by atoms with E-state index in [1.165, 1.54) is 0 Å². The molecule has 0 bridgehead atoms. The van der Waals surface area contributed by atoms with E-state index < -0.39 is 0 Å². The summed E-state index contributed by atoms with van der Waals surface area (Å²) in [6.45, 7) is 9.17. The number of rotatable bonds is 4. The molecule has 1 aromatic rings. The van der Waals surface area contributed by atoms with Crippen LogP contribution in [0.1, 0.15) is 5.69 Å². The molecule has 0 saturated carbocycles. The summed E-state index contributed by atoms with van der Waals surface area (Å²) in [5, 5.41) is 7.58. The van der Waals surface area contributed by atoms with Crippen molar-refractivity contribution in [3.05, 3.63) is 18.0 Å². The van der Waals surface area contributed by atoms with Gasteiger partial charge in [0.25, 0.3) is 0 Å². The molecule has 2 aliphatic rings. The highest BCUT2D eigenvalue weighted by Crippen LogP contribution is 2.08. The predicted octanol–water partition coefficient (Wildman–Crippen LogP) is -0.387. The van der Waals surface area contributed by atoms with Crippen LogP contribution in [0.15, 0.2) is 21.8 Å². The lowest BCUT2D eigenvalue weighted by Gasteiger charge is -2.39. The predicted molar refractivity (Wildman–Crippen MR) is 98.6 cm³/mol. The van der Waals surface area contributed by atoms with E-state index in [-0.39, 0.29) is 0 Å². The second kappa shape index (κ2) is 8.64. The van der Waals surface area contributed by atoms with Gasteiger partial charge in [0.1, 0.15) is 6.26 Å². The molecule has 140 valence electrons. The van der Waals surface area contributed by atoms with Crippen LogP contribution in [-0.4, -0.2) is 110 Å². The van der Waals surface area contributed by atoms with Gasteiger partial charge in [-0.3, -0.25) is 14.8 Å². The highest BCUT2D eigenvalue weighted by atomic mass is 16.5. The molecule has 2 aliphatic heterocycles. The highest BCUT2D eigenvalue weighted by Gasteiger charge is 2.24. The van der Waals surface area contributed by atoms with Gasteiger partial charge in [-0.05, 0) is 14.1 Å². The van der Waals surface area contributed by atoms with E-state index in [0.29, 0.717) is 6.04 Å². The first-order valence-corrected chi connectivity index (χ1v) is 9.11. The summed E-state index contributed by atoms with van der Waals surface area (Å²) in [5.74, 6) is 1.02. The Morgan fingerprint density at radius 2 is 2.04 bits per heavy atom. The van der Waals surface area contributed by atoms with Crippen molar-refractivity contribution in [1.82, 2.24) is 30.1 Å². The normalized spacial score (nSPS) is 24.7. The van der Waals surface area contributed by atoms with Crippen molar-refractivity contribution in [3.63, 3.8) is 0 Å². The number of aromatic nitrogens is 1. The molecule has 0 aliphatic carbocycles.